The summed E-state index contributed by atoms with van der Waals surface area (Å²) in [6, 6.07) is -0.361. The van der Waals surface area contributed by atoms with E-state index in [1.165, 1.54) is 0 Å². The Balaban J connectivity index is 1.68. The molecule has 0 saturated carbocycles. The minimum Gasteiger partial charge on any atom is -0.462 e. The molecule has 15 nitrogen and oxygen atoms in total. The van der Waals surface area contributed by atoms with Crippen molar-refractivity contribution in [3.05, 3.63) is 24.3 Å². The molecule has 0 aliphatic carbocycles. The van der Waals surface area contributed by atoms with Crippen LogP contribution in [0.25, 0.3) is 0 Å². The highest BCUT2D eigenvalue weighted by atomic mass is 16.7. The van der Waals surface area contributed by atoms with Gasteiger partial charge in [-0.15, -0.1) is 0 Å². The van der Waals surface area contributed by atoms with Gasteiger partial charge in [0.15, 0.2) is 18.9 Å². The van der Waals surface area contributed by atoms with Crippen LogP contribution in [0, 0.1) is 17.8 Å². The van der Waals surface area contributed by atoms with Crippen LogP contribution in [-0.4, -0.2) is 170 Å². The largest absolute Gasteiger partial charge is 0.462 e. The molecule has 0 aromatic rings. The molecule has 0 amide bonds. The van der Waals surface area contributed by atoms with E-state index < -0.39 is 79.2 Å². The molecule has 60 heavy (non-hydrogen) atoms. The van der Waals surface area contributed by atoms with E-state index in [2.05, 4.69) is 32.8 Å². The number of aliphatic hydroxyl groups is 3. The zero-order valence-corrected chi connectivity index (χ0v) is 38.3. The van der Waals surface area contributed by atoms with Crippen molar-refractivity contribution in [2.45, 2.75) is 197 Å². The Bertz CT molecular complexity index is 1380. The van der Waals surface area contributed by atoms with Gasteiger partial charge in [0.25, 0.3) is 0 Å². The fourth-order valence-corrected chi connectivity index (χ4v) is 9.58. The summed E-state index contributed by atoms with van der Waals surface area (Å²) in [5.41, 5.74) is -1.44. The molecule has 4 aliphatic rings. The number of cyclic esters (lactones) is 1. The lowest BCUT2D eigenvalue weighted by molar-refractivity contribution is -0.343. The van der Waals surface area contributed by atoms with E-state index >= 15 is 0 Å². The highest BCUT2D eigenvalue weighted by molar-refractivity contribution is 5.70. The SMILES string of the molecule is CO[C@H]1[C@H](C)CC(=O)O[C@H](C)C/C=C/C=C/C(OC2CCC(N(C)C)C(C)O2)[C@H](C)CC(CCC=O)[C@@H]1OC1OC(C)C(OC2CC(C)(O)C(O)C(C)O2)C(N(C)C)C1O. The second-order valence-electron chi connectivity index (χ2n) is 18.6. The van der Waals surface area contributed by atoms with Crippen molar-refractivity contribution in [2.75, 3.05) is 35.3 Å². The van der Waals surface area contributed by atoms with Crippen LogP contribution >= 0.6 is 0 Å². The van der Waals surface area contributed by atoms with Gasteiger partial charge in [0, 0.05) is 32.4 Å². The summed E-state index contributed by atoms with van der Waals surface area (Å²) in [7, 11) is 9.37. The van der Waals surface area contributed by atoms with Crippen LogP contribution in [0.5, 0.6) is 0 Å². The standard InChI is InChI=1S/C45H78N2O13/c1-26-23-32(18-16-22-48)42(60-44-39(50)38(47(10)11)41(30(5)57-44)59-37-25-45(7,52)43(51)31(6)56-37)40(53-12)27(2)24-35(49)54-28(3)17-14-13-15-19-34(26)58-36-21-20-33(46(8)9)29(4)55-36/h13-15,19,22,26-34,36-44,50-52H,16-18,20-21,23-25H2,1-12H3/b14-13+,19-15+/t26-,27-,28-,29?,30?,31?,32?,33?,34?,36?,37?,38?,39?,40+,41?,42+,43?,44?,45?/m1/s1. The maximum Gasteiger partial charge on any atom is 0.306 e. The summed E-state index contributed by atoms with van der Waals surface area (Å²) in [5, 5.41) is 33.6. The molecule has 3 fully saturated rings. The number of nitrogens with zero attached hydrogens (tertiary/aromatic N) is 2. The summed E-state index contributed by atoms with van der Waals surface area (Å²) in [6.07, 6.45) is 3.36. The number of carbonyl (C=O) groups excluding carboxylic acids is 2. The molecule has 0 spiro atoms. The molecule has 0 bridgehead atoms. The predicted octanol–water partition coefficient (Wildman–Crippen LogP) is 3.99. The second-order valence-corrected chi connectivity index (χ2v) is 18.6. The minimum atomic E-state index is -1.44. The Morgan fingerprint density at radius 1 is 0.850 bits per heavy atom. The van der Waals surface area contributed by atoms with Gasteiger partial charge in [-0.2, -0.15) is 0 Å². The van der Waals surface area contributed by atoms with E-state index in [-0.39, 0.29) is 61.4 Å². The average Bonchev–Trinajstić information content (AvgIpc) is 3.15. The van der Waals surface area contributed by atoms with E-state index in [9.17, 15) is 24.9 Å². The molecule has 15 heteroatoms. The average molecular weight is 855 g/mol. The number of carbonyl (C=O) groups is 2. The molecule has 19 atom stereocenters. The highest BCUT2D eigenvalue weighted by Gasteiger charge is 2.51. The first-order valence-corrected chi connectivity index (χ1v) is 22.1. The normalized spacial score (nSPS) is 45.2. The zero-order chi connectivity index (χ0) is 44.5. The Kier molecular flexibility index (Phi) is 19.6. The number of rotatable bonds is 12. The Morgan fingerprint density at radius 3 is 2.17 bits per heavy atom. The first-order chi connectivity index (χ1) is 28.3. The third kappa shape index (κ3) is 13.6. The van der Waals surface area contributed by atoms with Gasteiger partial charge in [-0.25, -0.2) is 0 Å². The van der Waals surface area contributed by atoms with Crippen LogP contribution in [0.1, 0.15) is 99.8 Å². The molecule has 4 rings (SSSR count). The van der Waals surface area contributed by atoms with Crippen molar-refractivity contribution in [1.29, 1.82) is 0 Å². The zero-order valence-electron chi connectivity index (χ0n) is 38.3. The summed E-state index contributed by atoms with van der Waals surface area (Å²) in [4.78, 5) is 29.4. The van der Waals surface area contributed by atoms with Crippen LogP contribution in [0.15, 0.2) is 24.3 Å². The van der Waals surface area contributed by atoms with Crippen LogP contribution in [-0.2, 0) is 47.5 Å². The lowest BCUT2D eigenvalue weighted by Gasteiger charge is -2.50. The van der Waals surface area contributed by atoms with E-state index in [4.69, 9.17) is 37.9 Å². The fourth-order valence-electron chi connectivity index (χ4n) is 9.58. The van der Waals surface area contributed by atoms with Gasteiger partial charge in [-0.05, 0) is 106 Å². The number of likely N-dealkylation sites (N-methyl/N-ethyl adjacent to an activating group) is 2. The van der Waals surface area contributed by atoms with E-state index in [0.717, 1.165) is 19.1 Å². The van der Waals surface area contributed by atoms with Gasteiger partial charge >= 0.3 is 5.97 Å². The van der Waals surface area contributed by atoms with Gasteiger partial charge < -0.3 is 67.8 Å². The molecular formula is C45H78N2O13. The number of aliphatic hydroxyl groups excluding tert-OH is 2. The minimum absolute atomic E-state index is 0.0165. The molecule has 14 unspecified atom stereocenters. The third-order valence-corrected chi connectivity index (χ3v) is 12.9. The van der Waals surface area contributed by atoms with Crippen molar-refractivity contribution >= 4 is 12.3 Å². The van der Waals surface area contributed by atoms with Crippen LogP contribution < -0.4 is 0 Å². The summed E-state index contributed by atoms with van der Waals surface area (Å²) < 4.78 is 51.1. The van der Waals surface area contributed by atoms with Gasteiger partial charge in [0.05, 0.1) is 54.7 Å². The van der Waals surface area contributed by atoms with Gasteiger partial charge in [0.2, 0.25) is 0 Å². The molecule has 0 aromatic heterocycles. The highest BCUT2D eigenvalue weighted by Crippen LogP contribution is 2.38. The Labute approximate surface area is 359 Å². The molecule has 4 aliphatic heterocycles. The molecule has 0 aromatic carbocycles. The fraction of sp³-hybridized carbons (Fsp3) is 0.867. The monoisotopic (exact) mass is 855 g/mol. The van der Waals surface area contributed by atoms with Crippen molar-refractivity contribution in [3.8, 4) is 0 Å². The molecule has 346 valence electrons. The Morgan fingerprint density at radius 2 is 1.55 bits per heavy atom. The summed E-state index contributed by atoms with van der Waals surface area (Å²) in [5.74, 6) is -1.16. The van der Waals surface area contributed by atoms with Crippen LogP contribution in [0.4, 0.5) is 0 Å². The lowest BCUT2D eigenvalue weighted by atomic mass is 9.80. The second kappa shape index (κ2) is 23.2. The summed E-state index contributed by atoms with van der Waals surface area (Å²) in [6.45, 7) is 13.0. The van der Waals surface area contributed by atoms with Gasteiger partial charge in [-0.1, -0.05) is 38.2 Å². The lowest BCUT2D eigenvalue weighted by Crippen LogP contribution is -2.65. The van der Waals surface area contributed by atoms with Crippen LogP contribution in [0.3, 0.4) is 0 Å². The molecule has 3 N–H and O–H groups in total. The number of aldehydes is 1. The quantitative estimate of drug-likeness (QED) is 0.190. The predicted molar refractivity (Wildman–Crippen MR) is 225 cm³/mol. The Hall–Kier alpha value is -1.86. The topological polar surface area (TPSA) is 175 Å². The van der Waals surface area contributed by atoms with E-state index in [1.54, 1.807) is 21.0 Å². The summed E-state index contributed by atoms with van der Waals surface area (Å²) >= 11 is 0. The first-order valence-electron chi connectivity index (χ1n) is 22.1. The maximum absolute atomic E-state index is 13.3. The maximum atomic E-state index is 13.3. The number of hydrogen-bond acceptors (Lipinski definition) is 15. The molecule has 3 saturated heterocycles. The van der Waals surface area contributed by atoms with Gasteiger partial charge in [-0.3, -0.25) is 4.79 Å². The molecular weight excluding hydrogens is 776 g/mol. The number of ether oxygens (including phenoxy) is 8. The third-order valence-electron chi connectivity index (χ3n) is 12.9. The van der Waals surface area contributed by atoms with Crippen LogP contribution in [0.2, 0.25) is 0 Å². The van der Waals surface area contributed by atoms with Gasteiger partial charge in [0.1, 0.15) is 30.7 Å². The molecule has 0 radical (unpaired) electrons. The number of hydrogen-bond donors (Lipinski definition) is 3. The number of esters is 1. The van der Waals surface area contributed by atoms with Crippen molar-refractivity contribution in [3.63, 3.8) is 0 Å². The first kappa shape index (κ1) is 50.8. The molecule has 4 heterocycles. The smallest absolute Gasteiger partial charge is 0.306 e. The number of allylic oxidation sites excluding steroid dienone is 2. The van der Waals surface area contributed by atoms with Crippen molar-refractivity contribution in [2.24, 2.45) is 17.8 Å². The van der Waals surface area contributed by atoms with E-state index in [1.807, 2.05) is 64.1 Å². The van der Waals surface area contributed by atoms with Crippen molar-refractivity contribution in [1.82, 2.24) is 9.80 Å². The van der Waals surface area contributed by atoms with Crippen molar-refractivity contribution < 1.29 is 62.8 Å². The van der Waals surface area contributed by atoms with E-state index in [0.29, 0.717) is 19.3 Å². The number of methoxy groups -OCH3 is 1.